The number of esters is 1. The molecule has 0 aliphatic carbocycles. The fourth-order valence-corrected chi connectivity index (χ4v) is 3.01. The van der Waals surface area contributed by atoms with Crippen molar-refractivity contribution in [2.45, 2.75) is 39.7 Å². The number of carbonyl (C=O) groups is 1. The van der Waals surface area contributed by atoms with Gasteiger partial charge in [-0.05, 0) is 37.0 Å². The van der Waals surface area contributed by atoms with E-state index in [-0.39, 0.29) is 11.9 Å². The van der Waals surface area contributed by atoms with Crippen LogP contribution in [0.2, 0.25) is 0 Å². The predicted octanol–water partition coefficient (Wildman–Crippen LogP) is 3.88. The highest BCUT2D eigenvalue weighted by atomic mass is 79.9. The van der Waals surface area contributed by atoms with Crippen LogP contribution < -0.4 is 0 Å². The Morgan fingerprint density at radius 2 is 2.05 bits per heavy atom. The molecule has 2 atom stereocenters. The van der Waals surface area contributed by atoms with Crippen LogP contribution in [0.25, 0.3) is 0 Å². The van der Waals surface area contributed by atoms with Crippen LogP contribution in [0.4, 0.5) is 0 Å². The molecule has 1 aromatic carbocycles. The lowest BCUT2D eigenvalue weighted by Gasteiger charge is -2.36. The maximum Gasteiger partial charge on any atom is 0.312 e. The second-order valence-corrected chi connectivity index (χ2v) is 6.18. The standard InChI is InChI=1S/C16H23BrO3/c1-5-16(19,12-8-7-9-13(17)10-12)14(11(3)4)15(18)20-6-2/h7-11,14,19H,5-6H2,1-4H3. The quantitative estimate of drug-likeness (QED) is 0.798. The Labute approximate surface area is 129 Å². The maximum atomic E-state index is 12.3. The second kappa shape index (κ2) is 7.23. The van der Waals surface area contributed by atoms with Crippen molar-refractivity contribution in [1.82, 2.24) is 0 Å². The molecule has 3 nitrogen and oxygen atoms in total. The summed E-state index contributed by atoms with van der Waals surface area (Å²) in [6, 6.07) is 7.47. The largest absolute Gasteiger partial charge is 0.466 e. The SMILES string of the molecule is CCOC(=O)C(C(C)C)C(O)(CC)c1cccc(Br)c1. The average molecular weight is 343 g/mol. The summed E-state index contributed by atoms with van der Waals surface area (Å²) >= 11 is 3.41. The monoisotopic (exact) mass is 342 g/mol. The first-order chi connectivity index (χ1) is 9.36. The van der Waals surface area contributed by atoms with Crippen molar-refractivity contribution >= 4 is 21.9 Å². The van der Waals surface area contributed by atoms with Gasteiger partial charge in [-0.2, -0.15) is 0 Å². The molecule has 4 heteroatoms. The van der Waals surface area contributed by atoms with Crippen LogP contribution in [0.15, 0.2) is 28.7 Å². The van der Waals surface area contributed by atoms with Gasteiger partial charge in [0.15, 0.2) is 0 Å². The number of aliphatic hydroxyl groups is 1. The first kappa shape index (κ1) is 17.2. The molecule has 0 spiro atoms. The zero-order valence-electron chi connectivity index (χ0n) is 12.5. The Balaban J connectivity index is 3.27. The third kappa shape index (κ3) is 3.61. The minimum absolute atomic E-state index is 0.0158. The van der Waals surface area contributed by atoms with E-state index in [1.54, 1.807) is 6.92 Å². The van der Waals surface area contributed by atoms with E-state index in [0.717, 1.165) is 10.0 Å². The maximum absolute atomic E-state index is 12.3. The molecule has 0 amide bonds. The van der Waals surface area contributed by atoms with Gasteiger partial charge in [0, 0.05) is 4.47 Å². The van der Waals surface area contributed by atoms with Gasteiger partial charge in [-0.3, -0.25) is 4.79 Å². The summed E-state index contributed by atoms with van der Waals surface area (Å²) in [6.07, 6.45) is 0.450. The van der Waals surface area contributed by atoms with E-state index < -0.39 is 11.5 Å². The van der Waals surface area contributed by atoms with E-state index in [0.29, 0.717) is 13.0 Å². The van der Waals surface area contributed by atoms with Crippen molar-refractivity contribution in [3.05, 3.63) is 34.3 Å². The zero-order chi connectivity index (χ0) is 15.3. The Bertz CT molecular complexity index is 459. The lowest BCUT2D eigenvalue weighted by molar-refractivity contribution is -0.163. The molecule has 2 unspecified atom stereocenters. The van der Waals surface area contributed by atoms with Gasteiger partial charge in [-0.25, -0.2) is 0 Å². The summed E-state index contributed by atoms with van der Waals surface area (Å²) in [5, 5.41) is 11.1. The zero-order valence-corrected chi connectivity index (χ0v) is 14.1. The minimum atomic E-state index is -1.22. The van der Waals surface area contributed by atoms with Crippen LogP contribution in [-0.2, 0) is 15.1 Å². The molecule has 0 bridgehead atoms. The summed E-state index contributed by atoms with van der Waals surface area (Å²) < 4.78 is 6.04. The van der Waals surface area contributed by atoms with Crippen LogP contribution >= 0.6 is 15.9 Å². The Morgan fingerprint density at radius 3 is 2.50 bits per heavy atom. The molecule has 0 saturated heterocycles. The molecule has 0 heterocycles. The molecule has 20 heavy (non-hydrogen) atoms. The normalized spacial score (nSPS) is 15.8. The van der Waals surface area contributed by atoms with Gasteiger partial charge in [0.25, 0.3) is 0 Å². The van der Waals surface area contributed by atoms with Gasteiger partial charge in [0.05, 0.1) is 12.5 Å². The molecular weight excluding hydrogens is 320 g/mol. The van der Waals surface area contributed by atoms with Crippen LogP contribution in [0.5, 0.6) is 0 Å². The van der Waals surface area contributed by atoms with Crippen molar-refractivity contribution in [2.24, 2.45) is 11.8 Å². The van der Waals surface area contributed by atoms with Crippen molar-refractivity contribution in [3.63, 3.8) is 0 Å². The van der Waals surface area contributed by atoms with E-state index in [2.05, 4.69) is 15.9 Å². The molecular formula is C16H23BrO3. The Morgan fingerprint density at radius 1 is 1.40 bits per heavy atom. The van der Waals surface area contributed by atoms with Gasteiger partial charge in [-0.15, -0.1) is 0 Å². The minimum Gasteiger partial charge on any atom is -0.466 e. The van der Waals surface area contributed by atoms with Gasteiger partial charge in [-0.1, -0.05) is 48.8 Å². The summed E-state index contributed by atoms with van der Waals surface area (Å²) in [7, 11) is 0. The summed E-state index contributed by atoms with van der Waals surface area (Å²) in [5.74, 6) is -0.938. The molecule has 0 aliphatic rings. The Kier molecular flexibility index (Phi) is 6.21. The number of ether oxygens (including phenoxy) is 1. The summed E-state index contributed by atoms with van der Waals surface area (Å²) in [5.41, 5.74) is -0.481. The topological polar surface area (TPSA) is 46.5 Å². The van der Waals surface area contributed by atoms with Gasteiger partial charge in [0.2, 0.25) is 0 Å². The highest BCUT2D eigenvalue weighted by Crippen LogP contribution is 2.39. The second-order valence-electron chi connectivity index (χ2n) is 5.26. The van der Waals surface area contributed by atoms with E-state index in [1.807, 2.05) is 45.0 Å². The molecule has 0 fully saturated rings. The molecule has 0 aromatic heterocycles. The number of hydrogen-bond acceptors (Lipinski definition) is 3. The smallest absolute Gasteiger partial charge is 0.312 e. The van der Waals surface area contributed by atoms with E-state index in [9.17, 15) is 9.90 Å². The number of rotatable bonds is 6. The fraction of sp³-hybridized carbons (Fsp3) is 0.562. The van der Waals surface area contributed by atoms with E-state index in [4.69, 9.17) is 4.74 Å². The molecule has 0 saturated carbocycles. The lowest BCUT2D eigenvalue weighted by atomic mass is 9.74. The molecule has 0 radical (unpaired) electrons. The number of hydrogen-bond donors (Lipinski definition) is 1. The average Bonchev–Trinajstić information content (AvgIpc) is 2.38. The number of carbonyl (C=O) groups excluding carboxylic acids is 1. The van der Waals surface area contributed by atoms with Crippen molar-refractivity contribution in [3.8, 4) is 0 Å². The van der Waals surface area contributed by atoms with Crippen molar-refractivity contribution < 1.29 is 14.6 Å². The predicted molar refractivity (Wildman–Crippen MR) is 83.3 cm³/mol. The molecule has 1 rings (SSSR count). The summed E-state index contributed by atoms with van der Waals surface area (Å²) in [4.78, 5) is 12.3. The van der Waals surface area contributed by atoms with Gasteiger partial charge in [0.1, 0.15) is 5.60 Å². The molecule has 0 aliphatic heterocycles. The molecule has 1 N–H and O–H groups in total. The van der Waals surface area contributed by atoms with Crippen LogP contribution in [-0.4, -0.2) is 17.7 Å². The number of benzene rings is 1. The van der Waals surface area contributed by atoms with E-state index in [1.165, 1.54) is 0 Å². The highest BCUT2D eigenvalue weighted by molar-refractivity contribution is 9.10. The third-order valence-corrected chi connectivity index (χ3v) is 4.08. The third-order valence-electron chi connectivity index (χ3n) is 3.59. The van der Waals surface area contributed by atoms with Crippen molar-refractivity contribution in [1.29, 1.82) is 0 Å². The Hall–Kier alpha value is -0.870. The first-order valence-electron chi connectivity index (χ1n) is 7.01. The van der Waals surface area contributed by atoms with Gasteiger partial charge >= 0.3 is 5.97 Å². The van der Waals surface area contributed by atoms with Crippen molar-refractivity contribution in [2.75, 3.05) is 6.61 Å². The number of halogens is 1. The van der Waals surface area contributed by atoms with Gasteiger partial charge < -0.3 is 9.84 Å². The first-order valence-corrected chi connectivity index (χ1v) is 7.81. The van der Waals surface area contributed by atoms with Crippen LogP contribution in [0.1, 0.15) is 39.7 Å². The molecule has 112 valence electrons. The lowest BCUT2D eigenvalue weighted by Crippen LogP contribution is -2.43. The fourth-order valence-electron chi connectivity index (χ4n) is 2.61. The van der Waals surface area contributed by atoms with E-state index >= 15 is 0 Å². The summed E-state index contributed by atoms with van der Waals surface area (Å²) in [6.45, 7) is 7.84. The highest BCUT2D eigenvalue weighted by Gasteiger charge is 2.44. The van der Waals surface area contributed by atoms with Crippen LogP contribution in [0, 0.1) is 11.8 Å². The van der Waals surface area contributed by atoms with Crippen LogP contribution in [0.3, 0.4) is 0 Å². The molecule has 1 aromatic rings.